The van der Waals surface area contributed by atoms with Gasteiger partial charge in [-0.15, -0.1) is 6.58 Å². The van der Waals surface area contributed by atoms with E-state index in [1.165, 1.54) is 36.4 Å². The molecule has 0 saturated heterocycles. The number of halogens is 4. The molecule has 0 aliphatic rings. The minimum atomic E-state index is -4.52. The van der Waals surface area contributed by atoms with Gasteiger partial charge < -0.3 is 5.32 Å². The fraction of sp³-hybridized carbons (Fsp3) is 0.150. The minimum Gasteiger partial charge on any atom is -0.323 e. The van der Waals surface area contributed by atoms with E-state index < -0.39 is 27.7 Å². The molecule has 0 radical (unpaired) electrons. The van der Waals surface area contributed by atoms with Gasteiger partial charge in [-0.05, 0) is 47.5 Å². The molecule has 0 atom stereocenters. The van der Waals surface area contributed by atoms with Gasteiger partial charge in [-0.2, -0.15) is 13.2 Å². The van der Waals surface area contributed by atoms with E-state index in [1.54, 1.807) is 0 Å². The standard InChI is InChI=1S/C20H18ClF3N2O3S/c1-2-11-25-30(28,29)13-14-3-7-17(8-4-14)26-19(27)10-5-15-12-16(20(22,23)24)6-9-18(15)21/h2-10,12,25H,1,11,13H2,(H,26,27)/b10-5+. The SMILES string of the molecule is C=CCNS(=O)(=O)Cc1ccc(NC(=O)/C=C/c2cc(C(F)(F)F)ccc2Cl)cc1. The quantitative estimate of drug-likeness (QED) is 0.448. The molecule has 30 heavy (non-hydrogen) atoms. The maximum Gasteiger partial charge on any atom is 0.416 e. The molecule has 2 N–H and O–H groups in total. The first-order chi connectivity index (χ1) is 14.0. The lowest BCUT2D eigenvalue weighted by molar-refractivity contribution is -0.137. The average Bonchev–Trinajstić information content (AvgIpc) is 2.66. The van der Waals surface area contributed by atoms with Gasteiger partial charge in [0.25, 0.3) is 0 Å². The van der Waals surface area contributed by atoms with Gasteiger partial charge in [0.05, 0.1) is 11.3 Å². The van der Waals surface area contributed by atoms with E-state index in [9.17, 15) is 26.4 Å². The first-order valence-electron chi connectivity index (χ1n) is 8.53. The van der Waals surface area contributed by atoms with Gasteiger partial charge in [-0.3, -0.25) is 4.79 Å². The van der Waals surface area contributed by atoms with Crippen LogP contribution in [0.25, 0.3) is 6.08 Å². The van der Waals surface area contributed by atoms with E-state index >= 15 is 0 Å². The highest BCUT2D eigenvalue weighted by atomic mass is 35.5. The van der Waals surface area contributed by atoms with Crippen LogP contribution < -0.4 is 10.0 Å². The number of hydrogen-bond acceptors (Lipinski definition) is 3. The molecule has 0 aliphatic carbocycles. The van der Waals surface area contributed by atoms with E-state index in [4.69, 9.17) is 11.6 Å². The van der Waals surface area contributed by atoms with Gasteiger partial charge >= 0.3 is 6.18 Å². The highest BCUT2D eigenvalue weighted by molar-refractivity contribution is 7.88. The second-order valence-electron chi connectivity index (χ2n) is 6.15. The molecular weight excluding hydrogens is 441 g/mol. The second kappa shape index (κ2) is 9.92. The van der Waals surface area contributed by atoms with Crippen molar-refractivity contribution in [2.45, 2.75) is 11.9 Å². The molecule has 0 unspecified atom stereocenters. The summed E-state index contributed by atoms with van der Waals surface area (Å²) in [5.74, 6) is -0.820. The molecule has 5 nitrogen and oxygen atoms in total. The lowest BCUT2D eigenvalue weighted by atomic mass is 10.1. The predicted molar refractivity (Wildman–Crippen MR) is 111 cm³/mol. The monoisotopic (exact) mass is 458 g/mol. The zero-order valence-electron chi connectivity index (χ0n) is 15.5. The normalized spacial score (nSPS) is 12.1. The summed E-state index contributed by atoms with van der Waals surface area (Å²) in [6, 6.07) is 8.92. The number of amides is 1. The zero-order chi connectivity index (χ0) is 22.4. The van der Waals surface area contributed by atoms with Crippen LogP contribution in [-0.4, -0.2) is 20.9 Å². The summed E-state index contributed by atoms with van der Waals surface area (Å²) in [5.41, 5.74) is 0.0742. The molecule has 2 aromatic rings. The molecule has 2 rings (SSSR count). The van der Waals surface area contributed by atoms with Crippen molar-refractivity contribution in [2.75, 3.05) is 11.9 Å². The second-order valence-corrected chi connectivity index (χ2v) is 8.36. The first-order valence-corrected chi connectivity index (χ1v) is 10.6. The molecule has 0 heterocycles. The Kier molecular flexibility index (Phi) is 7.83. The van der Waals surface area contributed by atoms with Gasteiger partial charge in [0.2, 0.25) is 15.9 Å². The van der Waals surface area contributed by atoms with Crippen LogP contribution in [0.3, 0.4) is 0 Å². The summed E-state index contributed by atoms with van der Waals surface area (Å²) in [6.07, 6.45) is -0.861. The lowest BCUT2D eigenvalue weighted by Gasteiger charge is -2.08. The number of sulfonamides is 1. The molecule has 0 aromatic heterocycles. The van der Waals surface area contributed by atoms with Crippen LogP contribution in [0.2, 0.25) is 5.02 Å². The number of anilines is 1. The van der Waals surface area contributed by atoms with Crippen molar-refractivity contribution in [1.29, 1.82) is 0 Å². The molecule has 0 spiro atoms. The Balaban J connectivity index is 2.02. The molecule has 160 valence electrons. The Hall–Kier alpha value is -2.62. The summed E-state index contributed by atoms with van der Waals surface area (Å²) in [7, 11) is -3.50. The molecule has 1 amide bonds. The summed E-state index contributed by atoms with van der Waals surface area (Å²) in [5, 5.41) is 2.60. The number of nitrogens with one attached hydrogen (secondary N) is 2. The van der Waals surface area contributed by atoms with Crippen molar-refractivity contribution < 1.29 is 26.4 Å². The van der Waals surface area contributed by atoms with Gasteiger partial charge in [0, 0.05) is 23.3 Å². The van der Waals surface area contributed by atoms with Crippen LogP contribution in [0, 0.1) is 0 Å². The van der Waals surface area contributed by atoms with Crippen LogP contribution >= 0.6 is 11.6 Å². The number of carbonyl (C=O) groups is 1. The highest BCUT2D eigenvalue weighted by Crippen LogP contribution is 2.32. The molecular formula is C20H18ClF3N2O3S. The Bertz CT molecular complexity index is 1050. The van der Waals surface area contributed by atoms with Crippen molar-refractivity contribution in [3.8, 4) is 0 Å². The largest absolute Gasteiger partial charge is 0.416 e. The molecule has 10 heteroatoms. The molecule has 0 fully saturated rings. The number of carbonyl (C=O) groups excluding carboxylic acids is 1. The fourth-order valence-corrected chi connectivity index (χ4v) is 3.62. The molecule has 0 saturated carbocycles. The summed E-state index contributed by atoms with van der Waals surface area (Å²) in [4.78, 5) is 12.0. The maximum absolute atomic E-state index is 12.8. The topological polar surface area (TPSA) is 75.3 Å². The van der Waals surface area contributed by atoms with Crippen LogP contribution in [0.15, 0.2) is 61.2 Å². The third-order valence-electron chi connectivity index (χ3n) is 3.76. The third kappa shape index (κ3) is 7.33. The molecule has 0 aliphatic heterocycles. The van der Waals surface area contributed by atoms with Crippen LogP contribution in [0.4, 0.5) is 18.9 Å². The van der Waals surface area contributed by atoms with Crippen molar-refractivity contribution in [3.05, 3.63) is 82.9 Å². The van der Waals surface area contributed by atoms with Crippen LogP contribution in [0.1, 0.15) is 16.7 Å². The number of rotatable bonds is 8. The molecule has 0 bridgehead atoms. The smallest absolute Gasteiger partial charge is 0.323 e. The van der Waals surface area contributed by atoms with E-state index in [0.29, 0.717) is 11.3 Å². The Morgan fingerprint density at radius 1 is 1.13 bits per heavy atom. The van der Waals surface area contributed by atoms with Crippen LogP contribution in [-0.2, 0) is 26.7 Å². The fourth-order valence-electron chi connectivity index (χ4n) is 2.34. The first kappa shape index (κ1) is 23.7. The van der Waals surface area contributed by atoms with E-state index in [-0.39, 0.29) is 22.9 Å². The number of benzene rings is 2. The summed E-state index contributed by atoms with van der Waals surface area (Å²) >= 11 is 5.88. The van der Waals surface area contributed by atoms with Gasteiger partial charge in [-0.25, -0.2) is 13.1 Å². The van der Waals surface area contributed by atoms with Gasteiger partial charge in [0.15, 0.2) is 0 Å². The van der Waals surface area contributed by atoms with E-state index in [0.717, 1.165) is 24.3 Å². The minimum absolute atomic E-state index is 0.0502. The summed E-state index contributed by atoms with van der Waals surface area (Å²) < 4.78 is 64.4. The molecule has 2 aromatic carbocycles. The van der Waals surface area contributed by atoms with Crippen molar-refractivity contribution in [1.82, 2.24) is 4.72 Å². The van der Waals surface area contributed by atoms with Crippen molar-refractivity contribution in [3.63, 3.8) is 0 Å². The summed E-state index contributed by atoms with van der Waals surface area (Å²) in [6.45, 7) is 3.56. The van der Waals surface area contributed by atoms with Crippen molar-refractivity contribution >= 4 is 39.3 Å². The van der Waals surface area contributed by atoms with Crippen LogP contribution in [0.5, 0.6) is 0 Å². The Labute approximate surface area is 177 Å². The van der Waals surface area contributed by atoms with E-state index in [1.807, 2.05) is 0 Å². The number of alkyl halides is 3. The Morgan fingerprint density at radius 2 is 1.80 bits per heavy atom. The Morgan fingerprint density at radius 3 is 2.40 bits per heavy atom. The van der Waals surface area contributed by atoms with E-state index in [2.05, 4.69) is 16.6 Å². The zero-order valence-corrected chi connectivity index (χ0v) is 17.1. The van der Waals surface area contributed by atoms with Gasteiger partial charge in [0.1, 0.15) is 0 Å². The lowest BCUT2D eigenvalue weighted by Crippen LogP contribution is -2.25. The highest BCUT2D eigenvalue weighted by Gasteiger charge is 2.30. The third-order valence-corrected chi connectivity index (χ3v) is 5.43. The van der Waals surface area contributed by atoms with Crippen molar-refractivity contribution in [2.24, 2.45) is 0 Å². The average molecular weight is 459 g/mol. The maximum atomic E-state index is 12.8. The number of hydrogen-bond donors (Lipinski definition) is 2. The van der Waals surface area contributed by atoms with Gasteiger partial charge in [-0.1, -0.05) is 29.8 Å². The predicted octanol–water partition coefficient (Wildman–Crippen LogP) is 4.62.